The Labute approximate surface area is 102 Å². The smallest absolute Gasteiger partial charge is 0.339 e. The molecule has 1 rings (SSSR count). The van der Waals surface area contributed by atoms with E-state index in [9.17, 15) is 14.9 Å². The topological polar surface area (TPSA) is 93.2 Å². The van der Waals surface area contributed by atoms with Crippen molar-refractivity contribution < 1.29 is 14.5 Å². The molecule has 0 aliphatic heterocycles. The third-order valence-electron chi connectivity index (χ3n) is 2.09. The maximum Gasteiger partial charge on any atom is 0.339 e. The van der Waals surface area contributed by atoms with Crippen LogP contribution in [0.3, 0.4) is 0 Å². The monoisotopic (exact) mass is 254 g/mol. The molecule has 0 aliphatic rings. The number of alkyl halides is 1. The zero-order chi connectivity index (χ0) is 13.0. The predicted molar refractivity (Wildman–Crippen MR) is 58.7 cm³/mol. The highest BCUT2D eigenvalue weighted by atomic mass is 35.5. The predicted octanol–water partition coefficient (Wildman–Crippen LogP) is 1.99. The molecule has 0 saturated carbocycles. The summed E-state index contributed by atoms with van der Waals surface area (Å²) in [6, 6.07) is 3.99. The number of carbonyl (C=O) groups is 1. The quantitative estimate of drug-likeness (QED) is 0.356. The fourth-order valence-corrected chi connectivity index (χ4v) is 1.50. The van der Waals surface area contributed by atoms with Gasteiger partial charge in [0.1, 0.15) is 6.07 Å². The van der Waals surface area contributed by atoms with Crippen LogP contribution in [-0.4, -0.2) is 18.0 Å². The second-order valence-electron chi connectivity index (χ2n) is 3.02. The molecule has 0 heterocycles. The minimum atomic E-state index is -0.800. The Morgan fingerprint density at radius 2 is 2.29 bits per heavy atom. The van der Waals surface area contributed by atoms with E-state index in [1.165, 1.54) is 6.07 Å². The van der Waals surface area contributed by atoms with Gasteiger partial charge in [-0.3, -0.25) is 10.1 Å². The van der Waals surface area contributed by atoms with Crippen LogP contribution in [0.15, 0.2) is 12.1 Å². The van der Waals surface area contributed by atoms with Crippen LogP contribution in [0.2, 0.25) is 0 Å². The molecule has 0 bridgehead atoms. The van der Waals surface area contributed by atoms with Gasteiger partial charge in [0.2, 0.25) is 0 Å². The second kappa shape index (κ2) is 5.27. The number of nitriles is 1. The molecule has 6 nitrogen and oxygen atoms in total. The zero-order valence-corrected chi connectivity index (χ0v) is 9.52. The summed E-state index contributed by atoms with van der Waals surface area (Å²) in [5.74, 6) is -0.919. The maximum atomic E-state index is 11.3. The molecule has 17 heavy (non-hydrogen) atoms. The molecule has 7 heteroatoms. The number of hydrogen-bond donors (Lipinski definition) is 0. The third kappa shape index (κ3) is 2.52. The van der Waals surface area contributed by atoms with Crippen molar-refractivity contribution in [2.24, 2.45) is 0 Å². The average molecular weight is 255 g/mol. The Morgan fingerprint density at radius 1 is 1.65 bits per heavy atom. The van der Waals surface area contributed by atoms with E-state index in [4.69, 9.17) is 16.9 Å². The SMILES string of the molecule is COC(=O)c1cc([N+](=O)[O-])c(CCl)cc1C#N. The van der Waals surface area contributed by atoms with Crippen molar-refractivity contribution >= 4 is 23.3 Å². The maximum absolute atomic E-state index is 11.3. The van der Waals surface area contributed by atoms with Crippen LogP contribution < -0.4 is 0 Å². The lowest BCUT2D eigenvalue weighted by Gasteiger charge is -2.04. The number of rotatable bonds is 3. The van der Waals surface area contributed by atoms with Gasteiger partial charge in [0.05, 0.1) is 29.0 Å². The number of methoxy groups -OCH3 is 1. The molecule has 0 N–H and O–H groups in total. The number of nitrogens with zero attached hydrogens (tertiary/aromatic N) is 2. The Hall–Kier alpha value is -2.13. The number of hydrogen-bond acceptors (Lipinski definition) is 5. The minimum Gasteiger partial charge on any atom is -0.465 e. The molecule has 0 fully saturated rings. The number of ether oxygens (including phenoxy) is 1. The van der Waals surface area contributed by atoms with Crippen molar-refractivity contribution in [1.29, 1.82) is 5.26 Å². The Bertz CT molecular complexity index is 522. The van der Waals surface area contributed by atoms with Crippen molar-refractivity contribution in [1.82, 2.24) is 0 Å². The van der Waals surface area contributed by atoms with Gasteiger partial charge in [0.25, 0.3) is 5.69 Å². The first kappa shape index (κ1) is 12.9. The summed E-state index contributed by atoms with van der Waals surface area (Å²) in [7, 11) is 1.13. The van der Waals surface area contributed by atoms with Crippen molar-refractivity contribution in [2.75, 3.05) is 7.11 Å². The van der Waals surface area contributed by atoms with Crippen LogP contribution in [0.25, 0.3) is 0 Å². The number of esters is 1. The average Bonchev–Trinajstić information content (AvgIpc) is 2.35. The van der Waals surface area contributed by atoms with E-state index in [1.54, 1.807) is 6.07 Å². The first-order valence-corrected chi connectivity index (χ1v) is 4.94. The van der Waals surface area contributed by atoms with E-state index >= 15 is 0 Å². The number of carbonyl (C=O) groups excluding carboxylic acids is 1. The van der Waals surface area contributed by atoms with Gasteiger partial charge in [0, 0.05) is 11.6 Å². The molecule has 0 aliphatic carbocycles. The van der Waals surface area contributed by atoms with Gasteiger partial charge in [0.15, 0.2) is 0 Å². The van der Waals surface area contributed by atoms with Gasteiger partial charge in [-0.15, -0.1) is 11.6 Å². The van der Waals surface area contributed by atoms with E-state index in [2.05, 4.69) is 4.74 Å². The summed E-state index contributed by atoms with van der Waals surface area (Å²) in [5.41, 5.74) is -0.270. The number of halogens is 1. The Balaban J connectivity index is 3.51. The molecule has 1 aromatic rings. The minimum absolute atomic E-state index is 0.00176. The molecule has 0 unspecified atom stereocenters. The fourth-order valence-electron chi connectivity index (χ4n) is 1.28. The van der Waals surface area contributed by atoms with Gasteiger partial charge in [-0.05, 0) is 6.07 Å². The highest BCUT2D eigenvalue weighted by Gasteiger charge is 2.21. The lowest BCUT2D eigenvalue weighted by Crippen LogP contribution is -2.06. The van der Waals surface area contributed by atoms with Crippen LogP contribution in [0.5, 0.6) is 0 Å². The summed E-state index contributed by atoms with van der Waals surface area (Å²) < 4.78 is 4.44. The Kier molecular flexibility index (Phi) is 4.01. The first-order valence-electron chi connectivity index (χ1n) is 4.40. The van der Waals surface area contributed by atoms with Crippen molar-refractivity contribution in [3.63, 3.8) is 0 Å². The zero-order valence-electron chi connectivity index (χ0n) is 8.77. The van der Waals surface area contributed by atoms with Gasteiger partial charge >= 0.3 is 5.97 Å². The van der Waals surface area contributed by atoms with Gasteiger partial charge in [-0.1, -0.05) is 0 Å². The molecule has 0 radical (unpaired) electrons. The van der Waals surface area contributed by atoms with Crippen molar-refractivity contribution in [3.8, 4) is 6.07 Å². The molecule has 88 valence electrons. The van der Waals surface area contributed by atoms with E-state index in [1.807, 2.05) is 0 Å². The van der Waals surface area contributed by atoms with Crippen LogP contribution in [0, 0.1) is 21.4 Å². The molecular weight excluding hydrogens is 248 g/mol. The summed E-state index contributed by atoms with van der Waals surface area (Å²) in [6.07, 6.45) is 0. The highest BCUT2D eigenvalue weighted by Crippen LogP contribution is 2.25. The molecule has 0 amide bonds. The molecule has 0 saturated heterocycles. The number of nitro benzene ring substituents is 1. The standard InChI is InChI=1S/C10H7ClN2O4/c1-17-10(14)8-3-9(13(15)16)6(4-11)2-7(8)5-12/h2-3H,4H2,1H3. The summed E-state index contributed by atoms with van der Waals surface area (Å²) in [4.78, 5) is 21.4. The lowest BCUT2D eigenvalue weighted by atomic mass is 10.0. The van der Waals surface area contributed by atoms with E-state index in [0.717, 1.165) is 13.2 Å². The summed E-state index contributed by atoms with van der Waals surface area (Å²) in [6.45, 7) is 0. The number of benzene rings is 1. The van der Waals surface area contributed by atoms with Crippen LogP contribution >= 0.6 is 11.6 Å². The highest BCUT2D eigenvalue weighted by molar-refractivity contribution is 6.17. The summed E-state index contributed by atoms with van der Waals surface area (Å²) in [5, 5.41) is 19.6. The van der Waals surface area contributed by atoms with Crippen molar-refractivity contribution in [3.05, 3.63) is 38.9 Å². The van der Waals surface area contributed by atoms with Gasteiger partial charge in [-0.2, -0.15) is 5.26 Å². The number of nitro groups is 1. The normalized spacial score (nSPS) is 9.47. The molecule has 1 aromatic carbocycles. The first-order chi connectivity index (χ1) is 8.04. The van der Waals surface area contributed by atoms with Crippen LogP contribution in [0.4, 0.5) is 5.69 Å². The third-order valence-corrected chi connectivity index (χ3v) is 2.37. The van der Waals surface area contributed by atoms with Crippen LogP contribution in [0.1, 0.15) is 21.5 Å². The molecular formula is C10H7ClN2O4. The van der Waals surface area contributed by atoms with Crippen LogP contribution in [-0.2, 0) is 10.6 Å². The van der Waals surface area contributed by atoms with E-state index < -0.39 is 10.9 Å². The molecule has 0 aromatic heterocycles. The van der Waals surface area contributed by atoms with Gasteiger partial charge < -0.3 is 4.74 Å². The summed E-state index contributed by atoms with van der Waals surface area (Å²) >= 11 is 5.54. The van der Waals surface area contributed by atoms with Crippen molar-refractivity contribution in [2.45, 2.75) is 5.88 Å². The van der Waals surface area contributed by atoms with Gasteiger partial charge in [-0.25, -0.2) is 4.79 Å². The molecule has 0 atom stereocenters. The van der Waals surface area contributed by atoms with E-state index in [-0.39, 0.29) is 28.3 Å². The molecule has 0 spiro atoms. The largest absolute Gasteiger partial charge is 0.465 e. The lowest BCUT2D eigenvalue weighted by molar-refractivity contribution is -0.385. The fraction of sp³-hybridized carbons (Fsp3) is 0.200. The second-order valence-corrected chi connectivity index (χ2v) is 3.29. The van der Waals surface area contributed by atoms with E-state index in [0.29, 0.717) is 0 Å². The Morgan fingerprint density at radius 3 is 2.71 bits per heavy atom.